The van der Waals surface area contributed by atoms with E-state index in [9.17, 15) is 0 Å². The van der Waals surface area contributed by atoms with Gasteiger partial charge in [0.2, 0.25) is 0 Å². The molecule has 4 nitrogen and oxygen atoms in total. The third-order valence-electron chi connectivity index (χ3n) is 2.51. The highest BCUT2D eigenvalue weighted by Crippen LogP contribution is 2.17. The minimum atomic E-state index is 0.430. The average Bonchev–Trinajstić information content (AvgIpc) is 2.82. The Bertz CT molecular complexity index is 666. The van der Waals surface area contributed by atoms with Crippen LogP contribution in [0.3, 0.4) is 0 Å². The van der Waals surface area contributed by atoms with Gasteiger partial charge in [-0.15, -0.1) is 0 Å². The van der Waals surface area contributed by atoms with Gasteiger partial charge in [0.1, 0.15) is 12.4 Å². The van der Waals surface area contributed by atoms with Crippen molar-refractivity contribution in [1.82, 2.24) is 14.4 Å². The summed E-state index contributed by atoms with van der Waals surface area (Å²) in [6, 6.07) is 7.65. The molecule has 0 unspecified atom stereocenters. The van der Waals surface area contributed by atoms with Gasteiger partial charge in [-0.2, -0.15) is 0 Å². The highest BCUT2D eigenvalue weighted by molar-refractivity contribution is 9.10. The number of hydrogen-bond donors (Lipinski definition) is 0. The molecular formula is C13H10BrN3O. The van der Waals surface area contributed by atoms with Crippen molar-refractivity contribution in [3.05, 3.63) is 59.2 Å². The predicted molar refractivity (Wildman–Crippen MR) is 71.5 cm³/mol. The van der Waals surface area contributed by atoms with Crippen LogP contribution in [0.25, 0.3) is 5.65 Å². The van der Waals surface area contributed by atoms with Crippen molar-refractivity contribution in [1.29, 1.82) is 0 Å². The predicted octanol–water partition coefficient (Wildman–Crippen LogP) is 3.07. The molecule has 3 aromatic rings. The lowest BCUT2D eigenvalue weighted by Crippen LogP contribution is -1.95. The Hall–Kier alpha value is -1.88. The van der Waals surface area contributed by atoms with Gasteiger partial charge in [-0.3, -0.25) is 4.98 Å². The zero-order valence-electron chi connectivity index (χ0n) is 9.45. The number of fused-ring (bicyclic) bond motifs is 1. The van der Waals surface area contributed by atoms with E-state index in [-0.39, 0.29) is 0 Å². The summed E-state index contributed by atoms with van der Waals surface area (Å²) in [7, 11) is 0. The van der Waals surface area contributed by atoms with Crippen molar-refractivity contribution in [2.24, 2.45) is 0 Å². The Morgan fingerprint density at radius 2 is 2.22 bits per heavy atom. The van der Waals surface area contributed by atoms with Crippen LogP contribution in [0, 0.1) is 0 Å². The summed E-state index contributed by atoms with van der Waals surface area (Å²) in [6.45, 7) is 0.430. The molecule has 3 rings (SSSR count). The molecule has 3 heterocycles. The largest absolute Gasteiger partial charge is 0.486 e. The van der Waals surface area contributed by atoms with Crippen LogP contribution in [0.5, 0.6) is 5.75 Å². The lowest BCUT2D eigenvalue weighted by Gasteiger charge is -2.01. The molecule has 3 aromatic heterocycles. The van der Waals surface area contributed by atoms with Crippen molar-refractivity contribution < 1.29 is 4.74 Å². The maximum Gasteiger partial charge on any atom is 0.151 e. The van der Waals surface area contributed by atoms with E-state index in [0.29, 0.717) is 6.61 Å². The van der Waals surface area contributed by atoms with E-state index in [1.165, 1.54) is 0 Å². The molecule has 0 bridgehead atoms. The number of pyridine rings is 2. The first-order valence-corrected chi connectivity index (χ1v) is 6.27. The molecule has 0 fully saturated rings. The Kier molecular flexibility index (Phi) is 2.98. The molecule has 18 heavy (non-hydrogen) atoms. The van der Waals surface area contributed by atoms with Crippen LogP contribution >= 0.6 is 15.9 Å². The van der Waals surface area contributed by atoms with Crippen LogP contribution < -0.4 is 4.74 Å². The summed E-state index contributed by atoms with van der Waals surface area (Å²) in [5.74, 6) is 0.744. The van der Waals surface area contributed by atoms with E-state index in [4.69, 9.17) is 4.74 Å². The number of aromatic nitrogens is 3. The highest BCUT2D eigenvalue weighted by atomic mass is 79.9. The lowest BCUT2D eigenvalue weighted by atomic mass is 10.4. The van der Waals surface area contributed by atoms with Crippen molar-refractivity contribution >= 4 is 21.6 Å². The second-order valence-corrected chi connectivity index (χ2v) is 4.65. The third-order valence-corrected chi connectivity index (χ3v) is 3.13. The fourth-order valence-electron chi connectivity index (χ4n) is 1.69. The number of halogens is 1. The number of imidazole rings is 1. The van der Waals surface area contributed by atoms with Crippen molar-refractivity contribution in [3.8, 4) is 5.75 Å². The van der Waals surface area contributed by atoms with Crippen LogP contribution in [0.15, 0.2) is 53.5 Å². The van der Waals surface area contributed by atoms with Crippen molar-refractivity contribution in [2.45, 2.75) is 6.61 Å². The molecule has 0 aliphatic carbocycles. The Labute approximate surface area is 112 Å². The van der Waals surface area contributed by atoms with Crippen molar-refractivity contribution in [3.63, 3.8) is 0 Å². The number of rotatable bonds is 3. The number of nitrogens with zero attached hydrogens (tertiary/aromatic N) is 3. The van der Waals surface area contributed by atoms with Crippen LogP contribution in [-0.4, -0.2) is 14.4 Å². The molecule has 0 radical (unpaired) electrons. The standard InChI is InChI=1S/C13H10BrN3O/c14-12-4-2-6-17-8-10(16-13(12)17)9-18-11-3-1-5-15-7-11/h1-8H,9H2. The molecule has 5 heteroatoms. The van der Waals surface area contributed by atoms with Crippen LogP contribution in [0.1, 0.15) is 5.69 Å². The van der Waals surface area contributed by atoms with E-state index in [1.807, 2.05) is 41.1 Å². The molecule has 0 spiro atoms. The fourth-order valence-corrected chi connectivity index (χ4v) is 2.13. The summed E-state index contributed by atoms with van der Waals surface area (Å²) in [6.07, 6.45) is 7.32. The average molecular weight is 304 g/mol. The minimum Gasteiger partial charge on any atom is -0.486 e. The summed E-state index contributed by atoms with van der Waals surface area (Å²) in [4.78, 5) is 8.49. The van der Waals surface area contributed by atoms with Gasteiger partial charge in [0.05, 0.1) is 16.4 Å². The monoisotopic (exact) mass is 303 g/mol. The van der Waals surface area contributed by atoms with Gasteiger partial charge in [-0.1, -0.05) is 0 Å². The zero-order chi connectivity index (χ0) is 12.4. The Morgan fingerprint density at radius 1 is 1.28 bits per heavy atom. The second kappa shape index (κ2) is 4.78. The quantitative estimate of drug-likeness (QED) is 0.746. The maximum absolute atomic E-state index is 5.61. The molecule has 0 saturated heterocycles. The zero-order valence-corrected chi connectivity index (χ0v) is 11.0. The molecule has 0 saturated carbocycles. The topological polar surface area (TPSA) is 39.4 Å². The summed E-state index contributed by atoms with van der Waals surface area (Å²) < 4.78 is 8.54. The van der Waals surface area contributed by atoms with E-state index in [1.54, 1.807) is 12.4 Å². The molecule has 0 aliphatic heterocycles. The van der Waals surface area contributed by atoms with Gasteiger partial charge in [-0.05, 0) is 40.2 Å². The van der Waals surface area contributed by atoms with Gasteiger partial charge >= 0.3 is 0 Å². The third kappa shape index (κ3) is 2.22. The van der Waals surface area contributed by atoms with Crippen LogP contribution in [0.2, 0.25) is 0 Å². The molecule has 90 valence electrons. The molecule has 0 amide bonds. The normalized spacial score (nSPS) is 10.7. The van der Waals surface area contributed by atoms with E-state index in [2.05, 4.69) is 25.9 Å². The van der Waals surface area contributed by atoms with E-state index >= 15 is 0 Å². The van der Waals surface area contributed by atoms with Gasteiger partial charge in [0, 0.05) is 18.6 Å². The SMILES string of the molecule is Brc1cccn2cc(COc3cccnc3)nc12. The van der Waals surface area contributed by atoms with Crippen LogP contribution in [0.4, 0.5) is 0 Å². The lowest BCUT2D eigenvalue weighted by molar-refractivity contribution is 0.301. The summed E-state index contributed by atoms with van der Waals surface area (Å²) in [5.41, 5.74) is 1.77. The molecule has 0 atom stereocenters. The molecule has 0 aromatic carbocycles. The molecule has 0 N–H and O–H groups in total. The maximum atomic E-state index is 5.61. The number of hydrogen-bond acceptors (Lipinski definition) is 3. The van der Waals surface area contributed by atoms with E-state index < -0.39 is 0 Å². The molecular weight excluding hydrogens is 294 g/mol. The van der Waals surface area contributed by atoms with Gasteiger partial charge in [0.25, 0.3) is 0 Å². The first kappa shape index (κ1) is 11.2. The summed E-state index contributed by atoms with van der Waals surface area (Å²) in [5, 5.41) is 0. The van der Waals surface area contributed by atoms with Gasteiger partial charge < -0.3 is 9.14 Å². The Balaban J connectivity index is 1.81. The van der Waals surface area contributed by atoms with E-state index in [0.717, 1.165) is 21.6 Å². The highest BCUT2D eigenvalue weighted by Gasteiger charge is 2.05. The van der Waals surface area contributed by atoms with Gasteiger partial charge in [0.15, 0.2) is 5.65 Å². The van der Waals surface area contributed by atoms with Crippen LogP contribution in [-0.2, 0) is 6.61 Å². The smallest absolute Gasteiger partial charge is 0.151 e. The summed E-state index contributed by atoms with van der Waals surface area (Å²) >= 11 is 3.47. The Morgan fingerprint density at radius 3 is 3.00 bits per heavy atom. The number of ether oxygens (including phenoxy) is 1. The first-order valence-electron chi connectivity index (χ1n) is 5.48. The fraction of sp³-hybridized carbons (Fsp3) is 0.0769. The minimum absolute atomic E-state index is 0.430. The first-order chi connectivity index (χ1) is 8.83. The van der Waals surface area contributed by atoms with Gasteiger partial charge in [-0.25, -0.2) is 4.98 Å². The van der Waals surface area contributed by atoms with Crippen molar-refractivity contribution in [2.75, 3.05) is 0 Å². The second-order valence-electron chi connectivity index (χ2n) is 3.80. The molecule has 0 aliphatic rings.